The van der Waals surface area contributed by atoms with Crippen molar-refractivity contribution in [3.8, 4) is 5.75 Å². The molecule has 172 valence electrons. The number of hydrogen-bond acceptors (Lipinski definition) is 3. The normalized spacial score (nSPS) is 15.1. The number of rotatable bonds is 8. The molecule has 3 rings (SSSR count). The van der Waals surface area contributed by atoms with Gasteiger partial charge in [-0.05, 0) is 56.9 Å². The molecule has 2 aromatic carbocycles. The molecule has 0 aliphatic heterocycles. The van der Waals surface area contributed by atoms with Crippen molar-refractivity contribution in [2.75, 3.05) is 7.11 Å². The molecule has 0 radical (unpaired) electrons. The van der Waals surface area contributed by atoms with Gasteiger partial charge in [-0.25, -0.2) is 0 Å². The molecular formula is C27H36N2O3. The van der Waals surface area contributed by atoms with Gasteiger partial charge in [-0.3, -0.25) is 9.59 Å². The van der Waals surface area contributed by atoms with Crippen molar-refractivity contribution in [2.45, 2.75) is 77.9 Å². The Morgan fingerprint density at radius 1 is 1.00 bits per heavy atom. The number of hydrogen-bond donors (Lipinski definition) is 1. The van der Waals surface area contributed by atoms with Gasteiger partial charge in [0.05, 0.1) is 13.5 Å². The highest BCUT2D eigenvalue weighted by Gasteiger charge is 2.28. The summed E-state index contributed by atoms with van der Waals surface area (Å²) >= 11 is 0. The van der Waals surface area contributed by atoms with E-state index in [4.69, 9.17) is 4.74 Å². The second kappa shape index (κ2) is 11.2. The molecule has 1 saturated carbocycles. The predicted molar refractivity (Wildman–Crippen MR) is 128 cm³/mol. The van der Waals surface area contributed by atoms with Crippen molar-refractivity contribution in [3.63, 3.8) is 0 Å². The van der Waals surface area contributed by atoms with E-state index in [1.54, 1.807) is 12.0 Å². The molecule has 1 aliphatic carbocycles. The van der Waals surface area contributed by atoms with E-state index in [2.05, 4.69) is 11.4 Å². The standard InChI is InChI=1S/C27H36N2O3/c1-19-14-20(2)16-23(15-19)17-26(30)29(18-22-10-12-25(32-4)13-11-22)21(3)27(31)28-24-8-6-5-7-9-24/h10-16,21,24H,5-9,17-18H2,1-4H3,(H,28,31)/t21-/m0/s1. The first-order valence-electron chi connectivity index (χ1n) is 11.7. The molecule has 1 fully saturated rings. The fourth-order valence-corrected chi connectivity index (χ4v) is 4.53. The maximum absolute atomic E-state index is 13.4. The van der Waals surface area contributed by atoms with Crippen molar-refractivity contribution in [1.29, 1.82) is 0 Å². The van der Waals surface area contributed by atoms with Crippen molar-refractivity contribution in [2.24, 2.45) is 0 Å². The summed E-state index contributed by atoms with van der Waals surface area (Å²) in [5.41, 5.74) is 4.22. The maximum atomic E-state index is 13.4. The van der Waals surface area contributed by atoms with Gasteiger partial charge in [-0.15, -0.1) is 0 Å². The molecule has 1 N–H and O–H groups in total. The molecule has 5 heteroatoms. The van der Waals surface area contributed by atoms with Crippen LogP contribution in [0.4, 0.5) is 0 Å². The summed E-state index contributed by atoms with van der Waals surface area (Å²) in [6.07, 6.45) is 5.86. The van der Waals surface area contributed by atoms with E-state index >= 15 is 0 Å². The fraction of sp³-hybridized carbons (Fsp3) is 0.481. The molecule has 0 spiro atoms. The number of benzene rings is 2. The van der Waals surface area contributed by atoms with Crippen molar-refractivity contribution in [1.82, 2.24) is 10.2 Å². The minimum Gasteiger partial charge on any atom is -0.497 e. The zero-order chi connectivity index (χ0) is 23.1. The summed E-state index contributed by atoms with van der Waals surface area (Å²) in [7, 11) is 1.63. The second-order valence-corrected chi connectivity index (χ2v) is 9.06. The average Bonchev–Trinajstić information content (AvgIpc) is 2.77. The summed E-state index contributed by atoms with van der Waals surface area (Å²) in [5.74, 6) is 0.654. The molecule has 0 bridgehead atoms. The quantitative estimate of drug-likeness (QED) is 0.651. The Hall–Kier alpha value is -2.82. The van der Waals surface area contributed by atoms with Crippen LogP contribution in [0.2, 0.25) is 0 Å². The number of nitrogens with zero attached hydrogens (tertiary/aromatic N) is 1. The Bertz CT molecular complexity index is 897. The van der Waals surface area contributed by atoms with Crippen LogP contribution in [0.3, 0.4) is 0 Å². The maximum Gasteiger partial charge on any atom is 0.242 e. The largest absolute Gasteiger partial charge is 0.497 e. The number of aryl methyl sites for hydroxylation is 2. The number of amides is 2. The predicted octanol–water partition coefficient (Wildman–Crippen LogP) is 4.72. The molecule has 1 atom stereocenters. The first-order valence-corrected chi connectivity index (χ1v) is 11.7. The van der Waals surface area contributed by atoms with Crippen molar-refractivity contribution in [3.05, 3.63) is 64.7 Å². The molecule has 0 saturated heterocycles. The second-order valence-electron chi connectivity index (χ2n) is 9.06. The lowest BCUT2D eigenvalue weighted by atomic mass is 9.95. The lowest BCUT2D eigenvalue weighted by molar-refractivity contribution is -0.140. The Morgan fingerprint density at radius 3 is 2.22 bits per heavy atom. The highest BCUT2D eigenvalue weighted by Crippen LogP contribution is 2.20. The highest BCUT2D eigenvalue weighted by molar-refractivity contribution is 5.88. The van der Waals surface area contributed by atoms with E-state index in [0.717, 1.165) is 53.7 Å². The lowest BCUT2D eigenvalue weighted by Gasteiger charge is -2.31. The van der Waals surface area contributed by atoms with Crippen molar-refractivity contribution >= 4 is 11.8 Å². The minimum absolute atomic E-state index is 0.0443. The van der Waals surface area contributed by atoms with Crippen LogP contribution in [-0.4, -0.2) is 35.9 Å². The molecular weight excluding hydrogens is 400 g/mol. The van der Waals surface area contributed by atoms with Crippen LogP contribution >= 0.6 is 0 Å². The zero-order valence-electron chi connectivity index (χ0n) is 19.8. The number of nitrogens with one attached hydrogen (secondary N) is 1. The van der Waals surface area contributed by atoms with Crippen LogP contribution in [0.1, 0.15) is 61.3 Å². The SMILES string of the molecule is COc1ccc(CN(C(=O)Cc2cc(C)cc(C)c2)[C@@H](C)C(=O)NC2CCCCC2)cc1. The Morgan fingerprint density at radius 2 is 1.62 bits per heavy atom. The van der Waals surface area contributed by atoms with E-state index in [-0.39, 0.29) is 24.3 Å². The summed E-state index contributed by atoms with van der Waals surface area (Å²) in [6, 6.07) is 13.5. The van der Waals surface area contributed by atoms with E-state index in [1.165, 1.54) is 6.42 Å². The number of ether oxygens (including phenoxy) is 1. The Labute approximate surface area is 192 Å². The number of methoxy groups -OCH3 is 1. The van der Waals surface area contributed by atoms with Gasteiger partial charge in [0.25, 0.3) is 0 Å². The lowest BCUT2D eigenvalue weighted by Crippen LogP contribution is -2.50. The van der Waals surface area contributed by atoms with E-state index < -0.39 is 6.04 Å². The third-order valence-corrected chi connectivity index (χ3v) is 6.27. The summed E-state index contributed by atoms with van der Waals surface area (Å²) in [4.78, 5) is 28.2. The third kappa shape index (κ3) is 6.59. The van der Waals surface area contributed by atoms with Crippen molar-refractivity contribution < 1.29 is 14.3 Å². The van der Waals surface area contributed by atoms with Gasteiger partial charge in [-0.2, -0.15) is 0 Å². The van der Waals surface area contributed by atoms with Crippen LogP contribution < -0.4 is 10.1 Å². The molecule has 32 heavy (non-hydrogen) atoms. The smallest absolute Gasteiger partial charge is 0.242 e. The van der Waals surface area contributed by atoms with Gasteiger partial charge >= 0.3 is 0 Å². The van der Waals surface area contributed by atoms with E-state index in [0.29, 0.717) is 6.54 Å². The monoisotopic (exact) mass is 436 g/mol. The molecule has 2 aromatic rings. The molecule has 0 unspecified atom stereocenters. The van der Waals surface area contributed by atoms with Gasteiger partial charge in [0.15, 0.2) is 0 Å². The average molecular weight is 437 g/mol. The van der Waals surface area contributed by atoms with Crippen LogP contribution in [0.25, 0.3) is 0 Å². The first kappa shape index (κ1) is 23.8. The van der Waals surface area contributed by atoms with Crippen LogP contribution in [-0.2, 0) is 22.6 Å². The topological polar surface area (TPSA) is 58.6 Å². The summed E-state index contributed by atoms with van der Waals surface area (Å²) < 4.78 is 5.25. The van der Waals surface area contributed by atoms with E-state index in [9.17, 15) is 9.59 Å². The Balaban J connectivity index is 1.78. The number of carbonyl (C=O) groups is 2. The van der Waals surface area contributed by atoms with Crippen LogP contribution in [0.5, 0.6) is 5.75 Å². The molecule has 2 amide bonds. The molecule has 1 aliphatic rings. The first-order chi connectivity index (χ1) is 15.4. The van der Waals surface area contributed by atoms with Gasteiger partial charge in [0.2, 0.25) is 11.8 Å². The van der Waals surface area contributed by atoms with E-state index in [1.807, 2.05) is 57.2 Å². The fourth-order valence-electron chi connectivity index (χ4n) is 4.53. The van der Waals surface area contributed by atoms with Crippen LogP contribution in [0.15, 0.2) is 42.5 Å². The molecule has 0 heterocycles. The Kier molecular flexibility index (Phi) is 8.32. The molecule has 0 aromatic heterocycles. The van der Waals surface area contributed by atoms with Gasteiger partial charge in [0.1, 0.15) is 11.8 Å². The number of carbonyl (C=O) groups excluding carboxylic acids is 2. The minimum atomic E-state index is -0.544. The third-order valence-electron chi connectivity index (χ3n) is 6.27. The summed E-state index contributed by atoms with van der Waals surface area (Å²) in [6.45, 7) is 6.29. The van der Waals surface area contributed by atoms with Gasteiger partial charge < -0.3 is 15.0 Å². The highest BCUT2D eigenvalue weighted by atomic mass is 16.5. The van der Waals surface area contributed by atoms with Gasteiger partial charge in [0, 0.05) is 12.6 Å². The summed E-state index contributed by atoms with van der Waals surface area (Å²) in [5, 5.41) is 3.19. The molecule has 5 nitrogen and oxygen atoms in total. The van der Waals surface area contributed by atoms with Crippen LogP contribution in [0, 0.1) is 13.8 Å². The zero-order valence-corrected chi connectivity index (χ0v) is 19.8. The van der Waals surface area contributed by atoms with Gasteiger partial charge in [-0.1, -0.05) is 60.7 Å².